The second-order valence-corrected chi connectivity index (χ2v) is 2.77. The molecule has 0 aromatic heterocycles. The largest absolute Gasteiger partial charge is 0.394 e. The van der Waals surface area contributed by atoms with Gasteiger partial charge in [0.1, 0.15) is 18.5 Å². The van der Waals surface area contributed by atoms with E-state index in [0.717, 1.165) is 0 Å². The molecule has 0 fully saturated rings. The number of carbonyl (C=O) groups is 1. The van der Waals surface area contributed by atoms with E-state index in [1.165, 1.54) is 0 Å². The van der Waals surface area contributed by atoms with Gasteiger partial charge in [-0.3, -0.25) is 0 Å². The minimum Gasteiger partial charge on any atom is -0.394 e. The van der Waals surface area contributed by atoms with E-state index in [1.807, 2.05) is 0 Å². The Morgan fingerprint density at radius 3 is 2.42 bits per heavy atom. The van der Waals surface area contributed by atoms with Gasteiger partial charge in [0.15, 0.2) is 0 Å². The first-order valence-corrected chi connectivity index (χ1v) is 4.35. The van der Waals surface area contributed by atoms with Gasteiger partial charge in [-0.2, -0.15) is 0 Å². The van der Waals surface area contributed by atoms with E-state index in [1.54, 1.807) is 0 Å². The van der Waals surface area contributed by atoms with E-state index < -0.39 is 27.4 Å². The number of aliphatic hydroxyl groups excluding tert-OH is 2. The molecule has 6 nitrogen and oxygen atoms in total. The highest BCUT2D eigenvalue weighted by Gasteiger charge is 2.21. The van der Waals surface area contributed by atoms with Crippen molar-refractivity contribution in [2.75, 3.05) is 6.61 Å². The van der Waals surface area contributed by atoms with Crippen LogP contribution >= 0.6 is 8.60 Å². The summed E-state index contributed by atoms with van der Waals surface area (Å²) in [4.78, 5) is 26.8. The molecule has 0 spiro atoms. The van der Waals surface area contributed by atoms with Gasteiger partial charge in [0.05, 0.1) is 6.61 Å². The van der Waals surface area contributed by atoms with Crippen LogP contribution in [0.2, 0.25) is 0 Å². The Bertz CT molecular complexity index is 129. The summed E-state index contributed by atoms with van der Waals surface area (Å²) in [6, 6.07) is 0. The van der Waals surface area contributed by atoms with E-state index in [4.69, 9.17) is 20.0 Å². The standard InChI is InChI=1S/C5H11O6P/c6-2-1-5(4(8)3-7)11-12(9)10/h2,4-5,7-10H,1,3H2/t4-,5+/m1/s1. The SMILES string of the molecule is O=CC[C@H](OP(O)O)[C@H](O)CO. The maximum Gasteiger partial charge on any atom is 0.327 e. The number of hydrogen-bond acceptors (Lipinski definition) is 6. The zero-order chi connectivity index (χ0) is 9.56. The van der Waals surface area contributed by atoms with Crippen LogP contribution in [0.5, 0.6) is 0 Å². The number of hydrogen-bond donors (Lipinski definition) is 4. The van der Waals surface area contributed by atoms with E-state index >= 15 is 0 Å². The molecule has 0 radical (unpaired) electrons. The molecule has 12 heavy (non-hydrogen) atoms. The molecule has 0 rings (SSSR count). The van der Waals surface area contributed by atoms with Crippen LogP contribution in [0.15, 0.2) is 0 Å². The quantitative estimate of drug-likeness (QED) is 0.306. The van der Waals surface area contributed by atoms with Crippen LogP contribution in [0.3, 0.4) is 0 Å². The maximum absolute atomic E-state index is 9.99. The molecule has 4 N–H and O–H groups in total. The average Bonchev–Trinajstić information content (AvgIpc) is 2.01. The number of rotatable bonds is 6. The number of aliphatic hydroxyl groups is 2. The third-order valence-electron chi connectivity index (χ3n) is 1.17. The fourth-order valence-electron chi connectivity index (χ4n) is 0.604. The van der Waals surface area contributed by atoms with Crippen LogP contribution in [0.1, 0.15) is 6.42 Å². The molecule has 72 valence electrons. The first-order chi connectivity index (χ1) is 5.61. The molecule has 0 amide bonds. The predicted octanol–water partition coefficient (Wildman–Crippen LogP) is -1.47. The van der Waals surface area contributed by atoms with Crippen molar-refractivity contribution < 1.29 is 29.3 Å². The van der Waals surface area contributed by atoms with Gasteiger partial charge in [-0.25, -0.2) is 0 Å². The molecule has 0 heterocycles. The van der Waals surface area contributed by atoms with Crippen molar-refractivity contribution in [3.63, 3.8) is 0 Å². The summed E-state index contributed by atoms with van der Waals surface area (Å²) >= 11 is 0. The van der Waals surface area contributed by atoms with Gasteiger partial charge in [0, 0.05) is 6.42 Å². The molecule has 0 aromatic carbocycles. The van der Waals surface area contributed by atoms with Gasteiger partial charge < -0.3 is 29.3 Å². The third-order valence-corrected chi connectivity index (χ3v) is 1.63. The predicted molar refractivity (Wildman–Crippen MR) is 40.0 cm³/mol. The Morgan fingerprint density at radius 2 is 2.08 bits per heavy atom. The van der Waals surface area contributed by atoms with Crippen LogP contribution in [-0.2, 0) is 9.32 Å². The van der Waals surface area contributed by atoms with Crippen molar-refractivity contribution >= 4 is 14.9 Å². The molecule has 0 unspecified atom stereocenters. The minimum atomic E-state index is -2.62. The van der Waals surface area contributed by atoms with Crippen molar-refractivity contribution in [3.8, 4) is 0 Å². The highest BCUT2D eigenvalue weighted by molar-refractivity contribution is 7.39. The first kappa shape index (κ1) is 11.9. The highest BCUT2D eigenvalue weighted by atomic mass is 31.2. The Morgan fingerprint density at radius 1 is 1.50 bits per heavy atom. The molecule has 2 atom stereocenters. The van der Waals surface area contributed by atoms with E-state index in [-0.39, 0.29) is 6.42 Å². The summed E-state index contributed by atoms with van der Waals surface area (Å²) in [5.41, 5.74) is 0. The lowest BCUT2D eigenvalue weighted by atomic mass is 10.2. The van der Waals surface area contributed by atoms with Gasteiger partial charge in [0.2, 0.25) is 0 Å². The second kappa shape index (κ2) is 6.42. The molecule has 7 heteroatoms. The third kappa shape index (κ3) is 4.71. The lowest BCUT2D eigenvalue weighted by Crippen LogP contribution is -2.31. The molecule has 0 bridgehead atoms. The van der Waals surface area contributed by atoms with Gasteiger partial charge in [-0.05, 0) is 0 Å². The Kier molecular flexibility index (Phi) is 6.37. The van der Waals surface area contributed by atoms with E-state index in [2.05, 4.69) is 4.52 Å². The first-order valence-electron chi connectivity index (χ1n) is 3.19. The van der Waals surface area contributed by atoms with Crippen LogP contribution in [0.25, 0.3) is 0 Å². The minimum absolute atomic E-state index is 0.193. The van der Waals surface area contributed by atoms with Crippen LogP contribution in [0, 0.1) is 0 Å². The summed E-state index contributed by atoms with van der Waals surface area (Å²) in [6.07, 6.45) is -2.07. The summed E-state index contributed by atoms with van der Waals surface area (Å²) in [7, 11) is -2.62. The molecular weight excluding hydrogens is 187 g/mol. The van der Waals surface area contributed by atoms with Crippen molar-refractivity contribution in [2.24, 2.45) is 0 Å². The molecule has 0 aromatic rings. The molecule has 0 aliphatic heterocycles. The molecular formula is C5H11O6P. The summed E-state index contributed by atoms with van der Waals surface area (Å²) < 4.78 is 4.38. The monoisotopic (exact) mass is 198 g/mol. The molecule has 0 saturated heterocycles. The van der Waals surface area contributed by atoms with Crippen LogP contribution < -0.4 is 0 Å². The Labute approximate surface area is 70.4 Å². The van der Waals surface area contributed by atoms with Crippen molar-refractivity contribution in [1.29, 1.82) is 0 Å². The lowest BCUT2D eigenvalue weighted by Gasteiger charge is -2.19. The fraction of sp³-hybridized carbons (Fsp3) is 0.800. The second-order valence-electron chi connectivity index (χ2n) is 2.05. The highest BCUT2D eigenvalue weighted by Crippen LogP contribution is 2.28. The summed E-state index contributed by atoms with van der Waals surface area (Å²) in [5, 5.41) is 17.4. The molecule has 0 aliphatic carbocycles. The van der Waals surface area contributed by atoms with E-state index in [0.29, 0.717) is 6.29 Å². The number of aldehydes is 1. The topological polar surface area (TPSA) is 107 Å². The summed E-state index contributed by atoms with van der Waals surface area (Å²) in [6.45, 7) is -0.596. The maximum atomic E-state index is 9.99. The smallest absolute Gasteiger partial charge is 0.327 e. The van der Waals surface area contributed by atoms with E-state index in [9.17, 15) is 4.79 Å². The zero-order valence-electron chi connectivity index (χ0n) is 6.20. The zero-order valence-corrected chi connectivity index (χ0v) is 7.09. The van der Waals surface area contributed by atoms with Gasteiger partial charge in [-0.1, -0.05) is 0 Å². The lowest BCUT2D eigenvalue weighted by molar-refractivity contribution is -0.111. The fourth-order valence-corrected chi connectivity index (χ4v) is 1.07. The van der Waals surface area contributed by atoms with Crippen molar-refractivity contribution in [1.82, 2.24) is 0 Å². The Balaban J connectivity index is 3.92. The van der Waals surface area contributed by atoms with Crippen LogP contribution in [-0.4, -0.2) is 45.1 Å². The molecule has 0 saturated carbocycles. The molecule has 0 aliphatic rings. The van der Waals surface area contributed by atoms with Gasteiger partial charge >= 0.3 is 8.60 Å². The van der Waals surface area contributed by atoms with Crippen molar-refractivity contribution in [2.45, 2.75) is 18.6 Å². The number of carbonyl (C=O) groups excluding carboxylic acids is 1. The van der Waals surface area contributed by atoms with Gasteiger partial charge in [0.25, 0.3) is 0 Å². The van der Waals surface area contributed by atoms with Crippen molar-refractivity contribution in [3.05, 3.63) is 0 Å². The Hall–Kier alpha value is -0.100. The van der Waals surface area contributed by atoms with Gasteiger partial charge in [-0.15, -0.1) is 0 Å². The normalized spacial score (nSPS) is 16.1. The van der Waals surface area contributed by atoms with Crippen LogP contribution in [0.4, 0.5) is 0 Å². The summed E-state index contributed by atoms with van der Waals surface area (Å²) in [5.74, 6) is 0. The average molecular weight is 198 g/mol.